The summed E-state index contributed by atoms with van der Waals surface area (Å²) in [4.78, 5) is 0. The normalized spacial score (nSPS) is 20.0. The van der Waals surface area contributed by atoms with Crippen molar-refractivity contribution in [3.05, 3.63) is 41.7 Å². The minimum Gasteiger partial charge on any atom is -0.493 e. The fourth-order valence-corrected chi connectivity index (χ4v) is 3.61. The van der Waals surface area contributed by atoms with Crippen LogP contribution in [-0.2, 0) is 0 Å². The first-order chi connectivity index (χ1) is 12.7. The maximum absolute atomic E-state index is 14.1. The van der Waals surface area contributed by atoms with E-state index < -0.39 is 0 Å². The summed E-state index contributed by atoms with van der Waals surface area (Å²) >= 11 is 0. The van der Waals surface area contributed by atoms with E-state index in [2.05, 4.69) is 31.8 Å². The van der Waals surface area contributed by atoms with Gasteiger partial charge in [-0.2, -0.15) is 0 Å². The van der Waals surface area contributed by atoms with Crippen LogP contribution in [0, 0.1) is 29.5 Å². The summed E-state index contributed by atoms with van der Waals surface area (Å²) in [6.45, 7) is 5.06. The molecule has 0 amide bonds. The van der Waals surface area contributed by atoms with Gasteiger partial charge in [-0.05, 0) is 62.1 Å². The molecular weight excluding hydrogens is 323 g/mol. The van der Waals surface area contributed by atoms with Gasteiger partial charge in [0.15, 0.2) is 0 Å². The van der Waals surface area contributed by atoms with Crippen molar-refractivity contribution < 1.29 is 9.13 Å². The minimum atomic E-state index is -0.307. The van der Waals surface area contributed by atoms with Gasteiger partial charge in [-0.25, -0.2) is 4.39 Å². The third-order valence-electron chi connectivity index (χ3n) is 5.20. The van der Waals surface area contributed by atoms with Crippen LogP contribution in [0.3, 0.4) is 0 Å². The molecule has 0 radical (unpaired) electrons. The van der Waals surface area contributed by atoms with Crippen LogP contribution in [0.1, 0.15) is 77.2 Å². The van der Waals surface area contributed by atoms with Gasteiger partial charge >= 0.3 is 0 Å². The lowest BCUT2D eigenvalue weighted by atomic mass is 9.80. The number of ether oxygens (including phenoxy) is 1. The average molecular weight is 357 g/mol. The van der Waals surface area contributed by atoms with Gasteiger partial charge in [0.05, 0.1) is 12.2 Å². The van der Waals surface area contributed by atoms with Gasteiger partial charge in [-0.1, -0.05) is 57.4 Å². The summed E-state index contributed by atoms with van der Waals surface area (Å²) in [5.74, 6) is 7.76. The Morgan fingerprint density at radius 1 is 1.12 bits per heavy atom. The summed E-state index contributed by atoms with van der Waals surface area (Å²) < 4.78 is 19.7. The Bertz CT molecular complexity index is 615. The molecule has 0 atom stereocenters. The number of unbranched alkanes of at least 4 members (excludes halogenated alkanes) is 2. The van der Waals surface area contributed by atoms with E-state index >= 15 is 0 Å². The van der Waals surface area contributed by atoms with Gasteiger partial charge in [-0.15, -0.1) is 0 Å². The molecule has 1 nitrogen and oxygen atoms in total. The van der Waals surface area contributed by atoms with Crippen LogP contribution >= 0.6 is 0 Å². The van der Waals surface area contributed by atoms with Gasteiger partial charge < -0.3 is 4.74 Å². The van der Waals surface area contributed by atoms with Crippen LogP contribution in [0.4, 0.5) is 4.39 Å². The number of hydrogen-bond acceptors (Lipinski definition) is 1. The first-order valence-electron chi connectivity index (χ1n) is 10.3. The first-order valence-corrected chi connectivity index (χ1v) is 10.3. The lowest BCUT2D eigenvalue weighted by Crippen LogP contribution is -2.12. The molecule has 0 aromatic heterocycles. The van der Waals surface area contributed by atoms with Crippen molar-refractivity contribution in [1.29, 1.82) is 0 Å². The average Bonchev–Trinajstić information content (AvgIpc) is 2.65. The van der Waals surface area contributed by atoms with Crippen molar-refractivity contribution in [2.75, 3.05) is 6.61 Å². The second-order valence-electron chi connectivity index (χ2n) is 7.40. The second kappa shape index (κ2) is 11.8. The Balaban J connectivity index is 1.80. The van der Waals surface area contributed by atoms with Crippen LogP contribution in [0.15, 0.2) is 30.4 Å². The molecular formula is C24H33FO. The highest BCUT2D eigenvalue weighted by molar-refractivity contribution is 5.41. The predicted octanol–water partition coefficient (Wildman–Crippen LogP) is 6.91. The number of halogens is 1. The molecule has 0 heterocycles. The zero-order chi connectivity index (χ0) is 18.6. The molecule has 1 saturated carbocycles. The van der Waals surface area contributed by atoms with Gasteiger partial charge in [0.1, 0.15) is 11.6 Å². The van der Waals surface area contributed by atoms with E-state index in [1.807, 2.05) is 6.08 Å². The van der Waals surface area contributed by atoms with Crippen molar-refractivity contribution in [3.63, 3.8) is 0 Å². The van der Waals surface area contributed by atoms with Crippen molar-refractivity contribution in [1.82, 2.24) is 0 Å². The van der Waals surface area contributed by atoms with Gasteiger partial charge in [0.2, 0.25) is 0 Å². The topological polar surface area (TPSA) is 9.23 Å². The largest absolute Gasteiger partial charge is 0.493 e. The molecule has 2 rings (SSSR count). The predicted molar refractivity (Wildman–Crippen MR) is 108 cm³/mol. The Labute approximate surface area is 159 Å². The molecule has 1 aromatic rings. The summed E-state index contributed by atoms with van der Waals surface area (Å²) in [5, 5.41) is 0. The van der Waals surface area contributed by atoms with Crippen molar-refractivity contribution in [2.45, 2.75) is 71.6 Å². The zero-order valence-electron chi connectivity index (χ0n) is 16.4. The molecule has 1 fully saturated rings. The lowest BCUT2D eigenvalue weighted by molar-refractivity contribution is 0.294. The molecule has 0 bridgehead atoms. The van der Waals surface area contributed by atoms with Crippen molar-refractivity contribution in [2.24, 2.45) is 11.8 Å². The molecule has 26 heavy (non-hydrogen) atoms. The Hall–Kier alpha value is -1.75. The fourth-order valence-electron chi connectivity index (χ4n) is 3.61. The molecule has 0 spiro atoms. The molecule has 2 heteroatoms. The van der Waals surface area contributed by atoms with E-state index in [1.54, 1.807) is 12.1 Å². The molecule has 0 aliphatic heterocycles. The van der Waals surface area contributed by atoms with Crippen LogP contribution in [0.25, 0.3) is 0 Å². The third kappa shape index (κ3) is 7.24. The number of benzene rings is 1. The highest BCUT2D eigenvalue weighted by Crippen LogP contribution is 2.32. The molecule has 1 aliphatic rings. The van der Waals surface area contributed by atoms with Gasteiger partial charge in [-0.3, -0.25) is 0 Å². The Kier molecular flexibility index (Phi) is 9.32. The number of hydrogen-bond donors (Lipinski definition) is 0. The van der Waals surface area contributed by atoms with Crippen LogP contribution in [0.2, 0.25) is 0 Å². The Morgan fingerprint density at radius 3 is 2.62 bits per heavy atom. The quantitative estimate of drug-likeness (QED) is 0.363. The molecule has 0 N–H and O–H groups in total. The van der Waals surface area contributed by atoms with E-state index in [9.17, 15) is 4.39 Å². The molecule has 0 saturated heterocycles. The maximum Gasteiger partial charge on any atom is 0.142 e. The second-order valence-corrected chi connectivity index (χ2v) is 7.40. The molecule has 1 aliphatic carbocycles. The summed E-state index contributed by atoms with van der Waals surface area (Å²) in [5.41, 5.74) is 0.433. The van der Waals surface area contributed by atoms with Crippen LogP contribution in [-0.4, -0.2) is 6.61 Å². The molecule has 1 aromatic carbocycles. The lowest BCUT2D eigenvalue weighted by Gasteiger charge is -2.26. The van der Waals surface area contributed by atoms with E-state index in [0.29, 0.717) is 23.8 Å². The third-order valence-corrected chi connectivity index (χ3v) is 5.20. The van der Waals surface area contributed by atoms with E-state index in [1.165, 1.54) is 44.6 Å². The first kappa shape index (κ1) is 20.6. The van der Waals surface area contributed by atoms with Crippen LogP contribution in [0.5, 0.6) is 5.75 Å². The summed E-state index contributed by atoms with van der Waals surface area (Å²) in [7, 11) is 0. The van der Waals surface area contributed by atoms with Crippen molar-refractivity contribution >= 4 is 0 Å². The van der Waals surface area contributed by atoms with Gasteiger partial charge in [0, 0.05) is 6.07 Å². The summed E-state index contributed by atoms with van der Waals surface area (Å²) in [6.07, 6.45) is 15.3. The highest BCUT2D eigenvalue weighted by Gasteiger charge is 2.18. The molecule has 142 valence electrons. The van der Waals surface area contributed by atoms with Crippen LogP contribution < -0.4 is 4.74 Å². The van der Waals surface area contributed by atoms with E-state index in [0.717, 1.165) is 25.2 Å². The minimum absolute atomic E-state index is 0.307. The molecule has 0 unspecified atom stereocenters. The fraction of sp³-hybridized carbons (Fsp3) is 0.583. The van der Waals surface area contributed by atoms with E-state index in [4.69, 9.17) is 4.74 Å². The van der Waals surface area contributed by atoms with Gasteiger partial charge in [0.25, 0.3) is 0 Å². The maximum atomic E-state index is 14.1. The number of rotatable bonds is 8. The zero-order valence-corrected chi connectivity index (χ0v) is 16.4. The highest BCUT2D eigenvalue weighted by atomic mass is 19.1. The number of allylic oxidation sites excluding steroid dienone is 2. The van der Waals surface area contributed by atoms with E-state index in [-0.39, 0.29) is 5.82 Å². The van der Waals surface area contributed by atoms with Crippen molar-refractivity contribution in [3.8, 4) is 17.6 Å². The monoisotopic (exact) mass is 356 g/mol. The summed E-state index contributed by atoms with van der Waals surface area (Å²) in [6, 6.07) is 4.95. The smallest absolute Gasteiger partial charge is 0.142 e. The standard InChI is InChI=1S/C24H33FO/c1-3-5-8-18-26-23-17-16-22(24(25)19-23)11-7-6-10-21-14-12-20(9-4-2)13-15-21/h6,10,16-17,19-21H,3-5,8-9,12-15,18H2,1-2H3/b10-6+/t20-,21-. The Morgan fingerprint density at radius 2 is 1.92 bits per heavy atom. The SMILES string of the molecule is CCCCCOc1ccc(C#C/C=C/[C@H]2CC[C@H](CCC)CC2)c(F)c1.